The number of rotatable bonds is 6. The molecule has 1 N–H and O–H groups in total. The van der Waals surface area contributed by atoms with Gasteiger partial charge in [0.15, 0.2) is 17.6 Å². The minimum absolute atomic E-state index is 0.0945. The lowest BCUT2D eigenvalue weighted by Crippen LogP contribution is -2.30. The summed E-state index contributed by atoms with van der Waals surface area (Å²) in [6.07, 6.45) is 3.52. The van der Waals surface area contributed by atoms with Gasteiger partial charge in [-0.15, -0.1) is 0 Å². The molecule has 0 unspecified atom stereocenters. The van der Waals surface area contributed by atoms with Crippen molar-refractivity contribution in [3.8, 4) is 11.5 Å². The Morgan fingerprint density at radius 3 is 2.68 bits per heavy atom. The summed E-state index contributed by atoms with van der Waals surface area (Å²) in [7, 11) is 0. The Morgan fingerprint density at radius 2 is 1.93 bits per heavy atom. The summed E-state index contributed by atoms with van der Waals surface area (Å²) in [5, 5.41) is 6.86. The number of amides is 1. The van der Waals surface area contributed by atoms with Gasteiger partial charge in [-0.3, -0.25) is 4.79 Å². The van der Waals surface area contributed by atoms with Crippen molar-refractivity contribution in [2.45, 2.75) is 32.9 Å². The zero-order chi connectivity index (χ0) is 20.1. The van der Waals surface area contributed by atoms with E-state index in [4.69, 9.17) is 14.2 Å². The lowest BCUT2D eigenvalue weighted by atomic mass is 10.2. The van der Waals surface area contributed by atoms with Crippen LogP contribution in [0, 0.1) is 0 Å². The quantitative estimate of drug-likeness (QED) is 0.607. The largest absolute Gasteiger partial charge is 0.486 e. The highest BCUT2D eigenvalue weighted by molar-refractivity contribution is 5.96. The predicted octanol–water partition coefficient (Wildman–Crippen LogP) is 2.82. The summed E-state index contributed by atoms with van der Waals surface area (Å²) in [6.45, 7) is 6.43. The van der Waals surface area contributed by atoms with E-state index in [1.165, 1.54) is 13.0 Å². The van der Waals surface area contributed by atoms with Crippen molar-refractivity contribution in [1.29, 1.82) is 0 Å². The predicted molar refractivity (Wildman–Crippen MR) is 103 cm³/mol. The van der Waals surface area contributed by atoms with E-state index in [0.717, 1.165) is 5.56 Å². The van der Waals surface area contributed by atoms with Crippen LogP contribution in [0.5, 0.6) is 11.5 Å². The summed E-state index contributed by atoms with van der Waals surface area (Å²) in [4.78, 5) is 24.3. The van der Waals surface area contributed by atoms with Crippen LogP contribution in [0.2, 0.25) is 0 Å². The maximum atomic E-state index is 12.3. The number of anilines is 1. The molecule has 1 amide bonds. The maximum Gasteiger partial charge on any atom is 0.331 e. The van der Waals surface area contributed by atoms with Crippen molar-refractivity contribution in [2.24, 2.45) is 0 Å². The fourth-order valence-corrected chi connectivity index (χ4v) is 2.65. The Bertz CT molecular complexity index is 888. The van der Waals surface area contributed by atoms with Gasteiger partial charge >= 0.3 is 5.97 Å². The molecule has 8 nitrogen and oxygen atoms in total. The number of carbonyl (C=O) groups excluding carboxylic acids is 2. The molecule has 8 heteroatoms. The van der Waals surface area contributed by atoms with Crippen LogP contribution in [0.25, 0.3) is 6.08 Å². The topological polar surface area (TPSA) is 91.7 Å². The van der Waals surface area contributed by atoms with Crippen LogP contribution in [0.3, 0.4) is 0 Å². The number of esters is 1. The van der Waals surface area contributed by atoms with Gasteiger partial charge in [0, 0.05) is 18.2 Å². The molecule has 0 fully saturated rings. The van der Waals surface area contributed by atoms with Gasteiger partial charge in [0.1, 0.15) is 19.0 Å². The molecule has 2 heterocycles. The molecule has 1 atom stereocenters. The Labute approximate surface area is 163 Å². The minimum atomic E-state index is -0.951. The van der Waals surface area contributed by atoms with Crippen LogP contribution in [-0.2, 0) is 14.3 Å². The molecule has 28 heavy (non-hydrogen) atoms. The minimum Gasteiger partial charge on any atom is -0.486 e. The lowest BCUT2D eigenvalue weighted by molar-refractivity contribution is -0.148. The van der Waals surface area contributed by atoms with Crippen LogP contribution in [0.1, 0.15) is 32.4 Å². The highest BCUT2D eigenvalue weighted by Gasteiger charge is 2.19. The van der Waals surface area contributed by atoms with E-state index in [1.807, 2.05) is 13.8 Å². The van der Waals surface area contributed by atoms with Gasteiger partial charge in [-0.2, -0.15) is 5.10 Å². The van der Waals surface area contributed by atoms with Crippen LogP contribution >= 0.6 is 0 Å². The maximum absolute atomic E-state index is 12.3. The van der Waals surface area contributed by atoms with E-state index < -0.39 is 18.0 Å². The molecule has 0 saturated carbocycles. The van der Waals surface area contributed by atoms with Crippen molar-refractivity contribution in [2.75, 3.05) is 18.5 Å². The Morgan fingerprint density at radius 1 is 1.18 bits per heavy atom. The van der Waals surface area contributed by atoms with E-state index in [9.17, 15) is 9.59 Å². The fourth-order valence-electron chi connectivity index (χ4n) is 2.65. The number of nitrogens with one attached hydrogen (secondary N) is 1. The molecular formula is C20H23N3O5. The molecule has 3 rings (SSSR count). The zero-order valence-corrected chi connectivity index (χ0v) is 16.0. The lowest BCUT2D eigenvalue weighted by Gasteiger charge is -2.18. The van der Waals surface area contributed by atoms with Gasteiger partial charge in [0.25, 0.3) is 5.91 Å². The number of hydrogen-bond donors (Lipinski definition) is 1. The van der Waals surface area contributed by atoms with Crippen LogP contribution in [-0.4, -0.2) is 41.0 Å². The molecular weight excluding hydrogens is 362 g/mol. The summed E-state index contributed by atoms with van der Waals surface area (Å²) in [6, 6.07) is 7.15. The summed E-state index contributed by atoms with van der Waals surface area (Å²) < 4.78 is 17.8. The Balaban J connectivity index is 1.55. The standard InChI is InChI=1S/C20H23N3O5/c1-13(2)23-18(8-9-21-23)22-20(25)14(3)28-19(24)7-5-15-4-6-16-17(12-15)27-11-10-26-16/h4-9,12-14H,10-11H2,1-3H3,(H,22,25)/b7-5+/t14-/m1/s1. The van der Waals surface area contributed by atoms with E-state index in [0.29, 0.717) is 30.5 Å². The molecule has 0 saturated heterocycles. The molecule has 2 aromatic rings. The number of nitrogens with zero attached hydrogens (tertiary/aromatic N) is 2. The van der Waals surface area contributed by atoms with Gasteiger partial charge in [0.2, 0.25) is 0 Å². The third-order valence-electron chi connectivity index (χ3n) is 4.05. The molecule has 148 valence electrons. The van der Waals surface area contributed by atoms with Crippen LogP contribution < -0.4 is 14.8 Å². The second kappa shape index (κ2) is 8.60. The first kappa shape index (κ1) is 19.5. The molecule has 1 aliphatic heterocycles. The van der Waals surface area contributed by atoms with Crippen molar-refractivity contribution >= 4 is 23.8 Å². The Kier molecular flexibility index (Phi) is 5.98. The smallest absolute Gasteiger partial charge is 0.331 e. The summed E-state index contributed by atoms with van der Waals surface area (Å²) >= 11 is 0. The van der Waals surface area contributed by atoms with Gasteiger partial charge in [0.05, 0.1) is 6.20 Å². The third-order valence-corrected chi connectivity index (χ3v) is 4.05. The summed E-state index contributed by atoms with van der Waals surface area (Å²) in [5.74, 6) is 0.821. The average Bonchev–Trinajstić information content (AvgIpc) is 3.14. The second-order valence-electron chi connectivity index (χ2n) is 6.56. The molecule has 0 bridgehead atoms. The average molecular weight is 385 g/mol. The molecule has 0 spiro atoms. The van der Waals surface area contributed by atoms with Crippen LogP contribution in [0.4, 0.5) is 5.82 Å². The highest BCUT2D eigenvalue weighted by atomic mass is 16.6. The first-order valence-electron chi connectivity index (χ1n) is 9.07. The molecule has 1 aromatic heterocycles. The van der Waals surface area contributed by atoms with Gasteiger partial charge in [-0.25, -0.2) is 9.48 Å². The van der Waals surface area contributed by atoms with Crippen molar-refractivity contribution in [3.63, 3.8) is 0 Å². The zero-order valence-electron chi connectivity index (χ0n) is 16.0. The number of fused-ring (bicyclic) bond motifs is 1. The Hall–Kier alpha value is -3.29. The second-order valence-corrected chi connectivity index (χ2v) is 6.56. The number of aromatic nitrogens is 2. The molecule has 0 radical (unpaired) electrons. The van der Waals surface area contributed by atoms with Gasteiger partial charge in [-0.05, 0) is 44.5 Å². The van der Waals surface area contributed by atoms with Gasteiger partial charge < -0.3 is 19.5 Å². The monoisotopic (exact) mass is 385 g/mol. The van der Waals surface area contributed by atoms with E-state index >= 15 is 0 Å². The highest BCUT2D eigenvalue weighted by Crippen LogP contribution is 2.31. The number of ether oxygens (including phenoxy) is 3. The van der Waals surface area contributed by atoms with Crippen molar-refractivity contribution in [3.05, 3.63) is 42.1 Å². The normalized spacial score (nSPS) is 14.1. The fraction of sp³-hybridized carbons (Fsp3) is 0.350. The van der Waals surface area contributed by atoms with Crippen molar-refractivity contribution in [1.82, 2.24) is 9.78 Å². The number of carbonyl (C=O) groups is 2. The first-order valence-corrected chi connectivity index (χ1v) is 9.07. The molecule has 0 aliphatic carbocycles. The summed E-state index contributed by atoms with van der Waals surface area (Å²) in [5.41, 5.74) is 0.763. The van der Waals surface area contributed by atoms with Crippen LogP contribution in [0.15, 0.2) is 36.5 Å². The first-order chi connectivity index (χ1) is 13.4. The van der Waals surface area contributed by atoms with E-state index in [-0.39, 0.29) is 6.04 Å². The SMILES string of the molecule is CC(C)n1nccc1NC(=O)[C@@H](C)OC(=O)/C=C/c1ccc2c(c1)OCCO2. The number of benzene rings is 1. The van der Waals surface area contributed by atoms with Gasteiger partial charge in [-0.1, -0.05) is 6.07 Å². The van der Waals surface area contributed by atoms with E-state index in [2.05, 4.69) is 10.4 Å². The molecule has 1 aliphatic rings. The van der Waals surface area contributed by atoms with Crippen molar-refractivity contribution < 1.29 is 23.8 Å². The van der Waals surface area contributed by atoms with E-state index in [1.54, 1.807) is 41.2 Å². The molecule has 1 aromatic carbocycles. The third kappa shape index (κ3) is 4.70. The number of hydrogen-bond acceptors (Lipinski definition) is 6.